The lowest BCUT2D eigenvalue weighted by Gasteiger charge is -2.16. The lowest BCUT2D eigenvalue weighted by atomic mass is 10.2. The Labute approximate surface area is 129 Å². The zero-order valence-corrected chi connectivity index (χ0v) is 12.7. The molecule has 0 spiro atoms. The maximum Gasteiger partial charge on any atom is 0.251 e. The zero-order valence-electron chi connectivity index (χ0n) is 12.0. The van der Waals surface area contributed by atoms with Crippen LogP contribution in [0.15, 0.2) is 24.3 Å². The molecule has 21 heavy (non-hydrogen) atoms. The first kappa shape index (κ1) is 15.8. The molecule has 1 aromatic carbocycles. The Morgan fingerprint density at radius 1 is 1.38 bits per heavy atom. The van der Waals surface area contributed by atoms with E-state index in [4.69, 9.17) is 11.6 Å². The van der Waals surface area contributed by atoms with Crippen LogP contribution in [-0.4, -0.2) is 37.0 Å². The van der Waals surface area contributed by atoms with E-state index < -0.39 is 6.04 Å². The van der Waals surface area contributed by atoms with Crippen molar-refractivity contribution in [2.75, 3.05) is 13.1 Å². The first-order valence-corrected chi connectivity index (χ1v) is 7.51. The van der Waals surface area contributed by atoms with Crippen LogP contribution in [0, 0.1) is 0 Å². The van der Waals surface area contributed by atoms with Crippen molar-refractivity contribution in [2.24, 2.45) is 0 Å². The van der Waals surface area contributed by atoms with Gasteiger partial charge in [0.05, 0.1) is 0 Å². The van der Waals surface area contributed by atoms with E-state index in [1.54, 1.807) is 31.2 Å². The van der Waals surface area contributed by atoms with Gasteiger partial charge in [0.2, 0.25) is 5.91 Å². The van der Waals surface area contributed by atoms with Crippen LogP contribution in [0.5, 0.6) is 0 Å². The summed E-state index contributed by atoms with van der Waals surface area (Å²) >= 11 is 5.77. The summed E-state index contributed by atoms with van der Waals surface area (Å²) in [5.74, 6) is -0.459. The van der Waals surface area contributed by atoms with E-state index in [2.05, 4.69) is 16.0 Å². The van der Waals surface area contributed by atoms with Crippen LogP contribution in [0.25, 0.3) is 0 Å². The van der Waals surface area contributed by atoms with Gasteiger partial charge in [0.1, 0.15) is 6.04 Å². The lowest BCUT2D eigenvalue weighted by molar-refractivity contribution is -0.122. The van der Waals surface area contributed by atoms with Gasteiger partial charge in [-0.15, -0.1) is 0 Å². The number of amides is 2. The molecule has 1 heterocycles. The molecule has 0 radical (unpaired) electrons. The van der Waals surface area contributed by atoms with Gasteiger partial charge in [-0.25, -0.2) is 0 Å². The lowest BCUT2D eigenvalue weighted by Crippen LogP contribution is -2.47. The molecule has 1 aliphatic rings. The van der Waals surface area contributed by atoms with E-state index in [1.807, 2.05) is 0 Å². The second kappa shape index (κ2) is 7.43. The molecule has 0 aliphatic carbocycles. The monoisotopic (exact) mass is 309 g/mol. The number of benzene rings is 1. The van der Waals surface area contributed by atoms with Crippen LogP contribution >= 0.6 is 11.6 Å². The summed E-state index contributed by atoms with van der Waals surface area (Å²) in [6, 6.07) is 6.32. The number of carbonyl (C=O) groups is 2. The van der Waals surface area contributed by atoms with Crippen LogP contribution in [0.1, 0.15) is 30.1 Å². The second-order valence-corrected chi connectivity index (χ2v) is 5.68. The molecule has 2 unspecified atom stereocenters. The molecular formula is C15H20ClN3O2. The Hall–Kier alpha value is -1.59. The minimum Gasteiger partial charge on any atom is -0.353 e. The molecule has 2 amide bonds. The third-order valence-corrected chi connectivity index (χ3v) is 3.78. The number of hydrogen-bond acceptors (Lipinski definition) is 3. The largest absolute Gasteiger partial charge is 0.353 e. The quantitative estimate of drug-likeness (QED) is 0.768. The standard InChI is InChI=1S/C15H20ClN3O2/c1-10(14(20)18-9-13-3-2-8-17-13)19-15(21)11-4-6-12(16)7-5-11/h4-7,10,13,17H,2-3,8-9H2,1H3,(H,18,20)(H,19,21). The molecule has 3 N–H and O–H groups in total. The van der Waals surface area contributed by atoms with Crippen molar-refractivity contribution in [3.63, 3.8) is 0 Å². The number of nitrogens with one attached hydrogen (secondary N) is 3. The van der Waals surface area contributed by atoms with Gasteiger partial charge >= 0.3 is 0 Å². The van der Waals surface area contributed by atoms with Gasteiger partial charge in [-0.05, 0) is 50.6 Å². The van der Waals surface area contributed by atoms with E-state index in [0.717, 1.165) is 19.4 Å². The SMILES string of the molecule is CC(NC(=O)c1ccc(Cl)cc1)C(=O)NCC1CCCN1. The van der Waals surface area contributed by atoms with Gasteiger partial charge in [-0.1, -0.05) is 11.6 Å². The molecule has 1 saturated heterocycles. The Morgan fingerprint density at radius 2 is 2.10 bits per heavy atom. The topological polar surface area (TPSA) is 70.2 Å². The molecule has 1 aliphatic heterocycles. The fourth-order valence-electron chi connectivity index (χ4n) is 2.25. The fourth-order valence-corrected chi connectivity index (χ4v) is 2.38. The summed E-state index contributed by atoms with van der Waals surface area (Å²) in [6.07, 6.45) is 2.22. The molecule has 0 saturated carbocycles. The molecule has 114 valence electrons. The molecular weight excluding hydrogens is 290 g/mol. The van der Waals surface area contributed by atoms with E-state index in [-0.39, 0.29) is 11.8 Å². The molecule has 5 nitrogen and oxygen atoms in total. The third kappa shape index (κ3) is 4.72. The Balaban J connectivity index is 1.79. The van der Waals surface area contributed by atoms with Gasteiger partial charge in [-0.2, -0.15) is 0 Å². The Kier molecular flexibility index (Phi) is 5.59. The normalized spacial score (nSPS) is 19.0. The molecule has 0 aromatic heterocycles. The highest BCUT2D eigenvalue weighted by molar-refractivity contribution is 6.30. The first-order chi connectivity index (χ1) is 10.1. The Bertz CT molecular complexity index is 498. The third-order valence-electron chi connectivity index (χ3n) is 3.53. The number of rotatable bonds is 5. The summed E-state index contributed by atoms with van der Waals surface area (Å²) in [5.41, 5.74) is 0.483. The number of carbonyl (C=O) groups excluding carboxylic acids is 2. The molecule has 2 rings (SSSR count). The van der Waals surface area contributed by atoms with Crippen LogP contribution in [0.2, 0.25) is 5.02 Å². The fraction of sp³-hybridized carbons (Fsp3) is 0.467. The van der Waals surface area contributed by atoms with Crippen LogP contribution in [0.3, 0.4) is 0 Å². The molecule has 6 heteroatoms. The predicted octanol–water partition coefficient (Wildman–Crippen LogP) is 1.33. The van der Waals surface area contributed by atoms with E-state index >= 15 is 0 Å². The predicted molar refractivity (Wildman–Crippen MR) is 82.4 cm³/mol. The molecule has 1 aromatic rings. The van der Waals surface area contributed by atoms with Crippen molar-refractivity contribution in [3.8, 4) is 0 Å². The number of hydrogen-bond donors (Lipinski definition) is 3. The second-order valence-electron chi connectivity index (χ2n) is 5.24. The highest BCUT2D eigenvalue weighted by atomic mass is 35.5. The first-order valence-electron chi connectivity index (χ1n) is 7.14. The van der Waals surface area contributed by atoms with Gasteiger partial charge in [0.15, 0.2) is 0 Å². The zero-order chi connectivity index (χ0) is 15.2. The summed E-state index contributed by atoms with van der Waals surface area (Å²) in [7, 11) is 0. The van der Waals surface area contributed by atoms with Crippen LogP contribution in [-0.2, 0) is 4.79 Å². The van der Waals surface area contributed by atoms with Crippen molar-refractivity contribution in [1.82, 2.24) is 16.0 Å². The minimum absolute atomic E-state index is 0.175. The molecule has 2 atom stereocenters. The van der Waals surface area contributed by atoms with Gasteiger partial charge in [-0.3, -0.25) is 9.59 Å². The Morgan fingerprint density at radius 3 is 2.71 bits per heavy atom. The highest BCUT2D eigenvalue weighted by Gasteiger charge is 2.19. The summed E-state index contributed by atoms with van der Waals surface area (Å²) in [5, 5.41) is 9.41. The number of halogens is 1. The van der Waals surface area contributed by atoms with Gasteiger partial charge in [0, 0.05) is 23.2 Å². The smallest absolute Gasteiger partial charge is 0.251 e. The van der Waals surface area contributed by atoms with Gasteiger partial charge < -0.3 is 16.0 Å². The molecule has 1 fully saturated rings. The van der Waals surface area contributed by atoms with Crippen molar-refractivity contribution in [2.45, 2.75) is 31.8 Å². The summed E-state index contributed by atoms with van der Waals surface area (Å²) in [6.45, 7) is 3.27. The maximum absolute atomic E-state index is 12.0. The molecule has 0 bridgehead atoms. The van der Waals surface area contributed by atoms with Crippen molar-refractivity contribution in [3.05, 3.63) is 34.9 Å². The van der Waals surface area contributed by atoms with E-state index in [9.17, 15) is 9.59 Å². The van der Waals surface area contributed by atoms with E-state index in [0.29, 0.717) is 23.2 Å². The van der Waals surface area contributed by atoms with Crippen molar-refractivity contribution < 1.29 is 9.59 Å². The van der Waals surface area contributed by atoms with Crippen LogP contribution in [0.4, 0.5) is 0 Å². The van der Waals surface area contributed by atoms with E-state index in [1.165, 1.54) is 0 Å². The summed E-state index contributed by atoms with van der Waals surface area (Å²) < 4.78 is 0. The van der Waals surface area contributed by atoms with Crippen molar-refractivity contribution in [1.29, 1.82) is 0 Å². The van der Waals surface area contributed by atoms with Gasteiger partial charge in [0.25, 0.3) is 5.91 Å². The maximum atomic E-state index is 12.0. The summed E-state index contributed by atoms with van der Waals surface area (Å²) in [4.78, 5) is 23.9. The van der Waals surface area contributed by atoms with Crippen LogP contribution < -0.4 is 16.0 Å². The average Bonchev–Trinajstić information content (AvgIpc) is 2.98. The average molecular weight is 310 g/mol. The highest BCUT2D eigenvalue weighted by Crippen LogP contribution is 2.09. The van der Waals surface area contributed by atoms with Crippen molar-refractivity contribution >= 4 is 23.4 Å². The minimum atomic E-state index is -0.574.